The highest BCUT2D eigenvalue weighted by molar-refractivity contribution is 6.44. The Kier molecular flexibility index (Phi) is 1.80. The molecule has 0 saturated carbocycles. The maximum absolute atomic E-state index is 8.59. The van der Waals surface area contributed by atoms with Gasteiger partial charge in [-0.1, -0.05) is 0 Å². The van der Waals surface area contributed by atoms with Crippen LogP contribution in [0.15, 0.2) is 0 Å². The lowest BCUT2D eigenvalue weighted by Crippen LogP contribution is -2.40. The van der Waals surface area contributed by atoms with Gasteiger partial charge in [0.1, 0.15) is 0 Å². The first kappa shape index (κ1) is 6.94. The van der Waals surface area contributed by atoms with Crippen molar-refractivity contribution in [3.63, 3.8) is 0 Å². The molecule has 4 heteroatoms. The lowest BCUT2D eigenvalue weighted by molar-refractivity contribution is 0.119. The molecule has 0 radical (unpaired) electrons. The lowest BCUT2D eigenvalue weighted by atomic mass is 9.71. The maximum atomic E-state index is 8.59. The van der Waals surface area contributed by atoms with Crippen molar-refractivity contribution in [1.29, 1.82) is 0 Å². The second-order valence-corrected chi connectivity index (χ2v) is 2.03. The van der Waals surface area contributed by atoms with Gasteiger partial charge in [-0.3, -0.25) is 0 Å². The topological polar surface area (TPSA) is 60.7 Å². The Labute approximate surface area is 42.7 Å². The van der Waals surface area contributed by atoms with Crippen LogP contribution in [0.5, 0.6) is 0 Å². The standard InChI is InChI=1S/C3H9BO3/c1-3(2,5)4(6)7/h5-7H,1-2H3. The number of hydrogen-bond acceptors (Lipinski definition) is 3. The van der Waals surface area contributed by atoms with Crippen molar-refractivity contribution < 1.29 is 15.2 Å². The zero-order chi connectivity index (χ0) is 6.08. The molecule has 0 rings (SSSR count). The molecule has 0 amide bonds. The Morgan fingerprint density at radius 3 is 1.43 bits per heavy atom. The van der Waals surface area contributed by atoms with E-state index in [1.54, 1.807) is 0 Å². The van der Waals surface area contributed by atoms with Crippen LogP contribution in [0, 0.1) is 0 Å². The average Bonchev–Trinajstić information content (AvgIpc) is 1.31. The molecule has 0 saturated heterocycles. The van der Waals surface area contributed by atoms with Crippen LogP contribution in [0.4, 0.5) is 0 Å². The zero-order valence-electron chi connectivity index (χ0n) is 4.42. The van der Waals surface area contributed by atoms with Crippen LogP contribution < -0.4 is 0 Å². The summed E-state index contributed by atoms with van der Waals surface area (Å²) in [7, 11) is -1.65. The summed E-state index contributed by atoms with van der Waals surface area (Å²) in [6, 6.07) is 0. The molecule has 0 aromatic carbocycles. The molecule has 7 heavy (non-hydrogen) atoms. The molecule has 3 N–H and O–H groups in total. The molecule has 0 aliphatic rings. The van der Waals surface area contributed by atoms with Gasteiger partial charge in [0.05, 0.1) is 5.50 Å². The minimum atomic E-state index is -1.65. The molecule has 0 aromatic heterocycles. The van der Waals surface area contributed by atoms with Gasteiger partial charge in [0, 0.05) is 0 Å². The Morgan fingerprint density at radius 2 is 1.43 bits per heavy atom. The summed E-state index contributed by atoms with van der Waals surface area (Å²) in [6.45, 7) is 2.63. The predicted molar refractivity (Wildman–Crippen MR) is 26.5 cm³/mol. The lowest BCUT2D eigenvalue weighted by Gasteiger charge is -2.13. The second kappa shape index (κ2) is 1.82. The van der Waals surface area contributed by atoms with E-state index in [0.29, 0.717) is 0 Å². The Balaban J connectivity index is 3.54. The summed E-state index contributed by atoms with van der Waals surface area (Å²) in [6.07, 6.45) is 0. The van der Waals surface area contributed by atoms with E-state index in [4.69, 9.17) is 15.2 Å². The summed E-state index contributed by atoms with van der Waals surface area (Å²) in [5.74, 6) is 0. The highest BCUT2D eigenvalue weighted by Crippen LogP contribution is 1.99. The molecule has 0 aromatic rings. The molecule has 0 unspecified atom stereocenters. The van der Waals surface area contributed by atoms with Crippen LogP contribution >= 0.6 is 0 Å². The van der Waals surface area contributed by atoms with Gasteiger partial charge in [0.25, 0.3) is 0 Å². The van der Waals surface area contributed by atoms with Crippen molar-refractivity contribution in [3.05, 3.63) is 0 Å². The van der Waals surface area contributed by atoms with E-state index in [1.165, 1.54) is 13.8 Å². The number of aliphatic hydroxyl groups is 1. The molecule has 0 aliphatic carbocycles. The Morgan fingerprint density at radius 1 is 1.29 bits per heavy atom. The monoisotopic (exact) mass is 104 g/mol. The van der Waals surface area contributed by atoms with Crippen LogP contribution in [-0.2, 0) is 0 Å². The fraction of sp³-hybridized carbons (Fsp3) is 1.00. The van der Waals surface area contributed by atoms with E-state index in [0.717, 1.165) is 0 Å². The van der Waals surface area contributed by atoms with Crippen LogP contribution in [0.25, 0.3) is 0 Å². The molecule has 0 heterocycles. The zero-order valence-corrected chi connectivity index (χ0v) is 4.42. The third kappa shape index (κ3) is 2.62. The van der Waals surface area contributed by atoms with Gasteiger partial charge in [-0.05, 0) is 13.8 Å². The van der Waals surface area contributed by atoms with Crippen molar-refractivity contribution in [2.45, 2.75) is 19.3 Å². The fourth-order valence-corrected chi connectivity index (χ4v) is 0. The van der Waals surface area contributed by atoms with Gasteiger partial charge in [-0.25, -0.2) is 0 Å². The van der Waals surface area contributed by atoms with Gasteiger partial charge in [-0.2, -0.15) is 0 Å². The summed E-state index contributed by atoms with van der Waals surface area (Å²) in [4.78, 5) is 0. The van der Waals surface area contributed by atoms with E-state index in [1.807, 2.05) is 0 Å². The second-order valence-electron chi connectivity index (χ2n) is 2.03. The molecular weight excluding hydrogens is 94.8 g/mol. The van der Waals surface area contributed by atoms with Crippen molar-refractivity contribution in [2.75, 3.05) is 0 Å². The maximum Gasteiger partial charge on any atom is 0.485 e. The molecule has 0 aliphatic heterocycles. The number of hydrogen-bond donors (Lipinski definition) is 3. The van der Waals surface area contributed by atoms with Crippen LogP contribution in [0.3, 0.4) is 0 Å². The molecular formula is C3H9BO3. The number of rotatable bonds is 1. The van der Waals surface area contributed by atoms with Crippen LogP contribution in [-0.4, -0.2) is 27.8 Å². The molecule has 0 fully saturated rings. The fourth-order valence-electron chi connectivity index (χ4n) is 0. The molecule has 42 valence electrons. The molecule has 0 atom stereocenters. The molecule has 0 bridgehead atoms. The Bertz CT molecular complexity index is 55.7. The van der Waals surface area contributed by atoms with E-state index >= 15 is 0 Å². The van der Waals surface area contributed by atoms with Gasteiger partial charge >= 0.3 is 7.12 Å². The summed E-state index contributed by atoms with van der Waals surface area (Å²) < 4.78 is 0. The van der Waals surface area contributed by atoms with E-state index in [-0.39, 0.29) is 0 Å². The minimum absolute atomic E-state index is 1.32. The largest absolute Gasteiger partial charge is 0.485 e. The Hall–Kier alpha value is -0.0551. The van der Waals surface area contributed by atoms with Crippen molar-refractivity contribution in [2.24, 2.45) is 0 Å². The summed E-state index contributed by atoms with van der Waals surface area (Å²) in [5.41, 5.74) is -1.39. The van der Waals surface area contributed by atoms with Gasteiger partial charge in [0.2, 0.25) is 0 Å². The normalized spacial score (nSPS) is 11.6. The third-order valence-electron chi connectivity index (χ3n) is 0.632. The van der Waals surface area contributed by atoms with Gasteiger partial charge < -0.3 is 15.2 Å². The first-order valence-corrected chi connectivity index (χ1v) is 2.03. The summed E-state index contributed by atoms with van der Waals surface area (Å²) in [5, 5.41) is 25.0. The average molecular weight is 104 g/mol. The van der Waals surface area contributed by atoms with Crippen molar-refractivity contribution in [3.8, 4) is 0 Å². The quantitative estimate of drug-likeness (QED) is 0.365. The van der Waals surface area contributed by atoms with E-state index < -0.39 is 12.6 Å². The first-order chi connectivity index (χ1) is 2.94. The van der Waals surface area contributed by atoms with E-state index in [9.17, 15) is 0 Å². The van der Waals surface area contributed by atoms with Crippen molar-refractivity contribution in [1.82, 2.24) is 0 Å². The van der Waals surface area contributed by atoms with Crippen LogP contribution in [0.1, 0.15) is 13.8 Å². The predicted octanol–water partition coefficient (Wildman–Crippen LogP) is -1.23. The smallest absolute Gasteiger partial charge is 0.425 e. The highest BCUT2D eigenvalue weighted by atomic mass is 16.4. The SMILES string of the molecule is CC(C)(O)B(O)O. The summed E-state index contributed by atoms with van der Waals surface area (Å²) >= 11 is 0. The minimum Gasteiger partial charge on any atom is -0.425 e. The third-order valence-corrected chi connectivity index (χ3v) is 0.632. The first-order valence-electron chi connectivity index (χ1n) is 2.03. The molecule has 0 spiro atoms. The highest BCUT2D eigenvalue weighted by Gasteiger charge is 2.28. The van der Waals surface area contributed by atoms with Gasteiger partial charge in [-0.15, -0.1) is 0 Å². The van der Waals surface area contributed by atoms with E-state index in [2.05, 4.69) is 0 Å². The molecule has 3 nitrogen and oxygen atoms in total. The van der Waals surface area contributed by atoms with Crippen LogP contribution in [0.2, 0.25) is 0 Å². The van der Waals surface area contributed by atoms with Gasteiger partial charge in [0.15, 0.2) is 0 Å². The van der Waals surface area contributed by atoms with Crippen molar-refractivity contribution >= 4 is 7.12 Å².